The molecule has 0 aliphatic rings. The van der Waals surface area contributed by atoms with Crippen molar-refractivity contribution in [1.29, 1.82) is 0 Å². The number of nitrogen functional groups attached to an aromatic ring is 1. The van der Waals surface area contributed by atoms with E-state index in [1.54, 1.807) is 19.2 Å². The van der Waals surface area contributed by atoms with Gasteiger partial charge in [0.25, 0.3) is 5.91 Å². The lowest BCUT2D eigenvalue weighted by Crippen LogP contribution is -2.46. The van der Waals surface area contributed by atoms with Crippen LogP contribution in [0, 0.1) is 6.92 Å². The van der Waals surface area contributed by atoms with Gasteiger partial charge in [-0.15, -0.1) is 0 Å². The van der Waals surface area contributed by atoms with Crippen LogP contribution in [0.1, 0.15) is 29.8 Å². The van der Waals surface area contributed by atoms with E-state index >= 15 is 0 Å². The van der Waals surface area contributed by atoms with Gasteiger partial charge in [-0.2, -0.15) is 0 Å². The van der Waals surface area contributed by atoms with Gasteiger partial charge in [0.1, 0.15) is 0 Å². The lowest BCUT2D eigenvalue weighted by atomic mass is 10.0. The van der Waals surface area contributed by atoms with Gasteiger partial charge in [0.15, 0.2) is 0 Å². The smallest absolute Gasteiger partial charge is 0.252 e. The number of rotatable bonds is 4. The summed E-state index contributed by atoms with van der Waals surface area (Å²) in [6, 6.07) is 5.31. The summed E-state index contributed by atoms with van der Waals surface area (Å²) in [4.78, 5) is 12.1. The summed E-state index contributed by atoms with van der Waals surface area (Å²) in [5.74, 6) is -0.128. The number of methoxy groups -OCH3 is 1. The summed E-state index contributed by atoms with van der Waals surface area (Å²) < 4.78 is 5.06. The standard InChI is InChI=1S/C13H20N2O2/c1-9-5-6-10(14)7-11(9)12(16)15-13(2,3)8-17-4/h5-7H,8,14H2,1-4H3,(H,15,16). The minimum Gasteiger partial charge on any atom is -0.399 e. The maximum atomic E-state index is 12.1. The second-order valence-electron chi connectivity index (χ2n) is 4.85. The average Bonchev–Trinajstić information content (AvgIpc) is 2.20. The van der Waals surface area contributed by atoms with Crippen molar-refractivity contribution in [1.82, 2.24) is 5.32 Å². The maximum Gasteiger partial charge on any atom is 0.252 e. The third-order valence-corrected chi connectivity index (χ3v) is 2.46. The second-order valence-corrected chi connectivity index (χ2v) is 4.85. The van der Waals surface area contributed by atoms with Crippen LogP contribution < -0.4 is 11.1 Å². The van der Waals surface area contributed by atoms with Gasteiger partial charge in [0, 0.05) is 18.4 Å². The minimum absolute atomic E-state index is 0.128. The van der Waals surface area contributed by atoms with E-state index in [4.69, 9.17) is 10.5 Å². The van der Waals surface area contributed by atoms with E-state index in [0.29, 0.717) is 17.9 Å². The molecule has 1 aromatic carbocycles. The summed E-state index contributed by atoms with van der Waals surface area (Å²) in [5.41, 5.74) is 7.38. The van der Waals surface area contributed by atoms with Gasteiger partial charge in [-0.25, -0.2) is 0 Å². The van der Waals surface area contributed by atoms with E-state index in [2.05, 4.69) is 5.32 Å². The van der Waals surface area contributed by atoms with E-state index in [9.17, 15) is 4.79 Å². The van der Waals surface area contributed by atoms with Gasteiger partial charge in [-0.3, -0.25) is 4.79 Å². The predicted octanol–water partition coefficient (Wildman–Crippen LogP) is 1.73. The number of hydrogen-bond acceptors (Lipinski definition) is 3. The van der Waals surface area contributed by atoms with Crippen LogP contribution in [0.5, 0.6) is 0 Å². The van der Waals surface area contributed by atoms with Crippen molar-refractivity contribution in [3.63, 3.8) is 0 Å². The van der Waals surface area contributed by atoms with Crippen LogP contribution in [-0.2, 0) is 4.74 Å². The molecule has 0 aromatic heterocycles. The SMILES string of the molecule is COCC(C)(C)NC(=O)c1cc(N)ccc1C. The predicted molar refractivity (Wildman–Crippen MR) is 69.0 cm³/mol. The van der Waals surface area contributed by atoms with Crippen molar-refractivity contribution in [2.24, 2.45) is 0 Å². The molecule has 4 heteroatoms. The lowest BCUT2D eigenvalue weighted by molar-refractivity contribution is 0.0819. The molecule has 94 valence electrons. The maximum absolute atomic E-state index is 12.1. The molecule has 1 rings (SSSR count). The van der Waals surface area contributed by atoms with Crippen LogP contribution in [0.3, 0.4) is 0 Å². The Kier molecular flexibility index (Phi) is 4.12. The van der Waals surface area contributed by atoms with Crippen molar-refractivity contribution in [3.05, 3.63) is 29.3 Å². The van der Waals surface area contributed by atoms with Crippen molar-refractivity contribution in [2.45, 2.75) is 26.3 Å². The molecule has 0 heterocycles. The van der Waals surface area contributed by atoms with E-state index in [-0.39, 0.29) is 5.91 Å². The van der Waals surface area contributed by atoms with Crippen LogP contribution in [0.4, 0.5) is 5.69 Å². The molecule has 0 atom stereocenters. The zero-order valence-corrected chi connectivity index (χ0v) is 10.8. The Labute approximate surface area is 102 Å². The quantitative estimate of drug-likeness (QED) is 0.782. The third kappa shape index (κ3) is 3.75. The number of anilines is 1. The molecule has 0 spiro atoms. The van der Waals surface area contributed by atoms with Gasteiger partial charge in [-0.1, -0.05) is 6.07 Å². The summed E-state index contributed by atoms with van der Waals surface area (Å²) in [5, 5.41) is 2.92. The molecule has 0 fully saturated rings. The fourth-order valence-electron chi connectivity index (χ4n) is 1.66. The lowest BCUT2D eigenvalue weighted by Gasteiger charge is -2.25. The number of aryl methyl sites for hydroxylation is 1. The Hall–Kier alpha value is -1.55. The molecule has 0 aliphatic heterocycles. The van der Waals surface area contributed by atoms with E-state index in [0.717, 1.165) is 5.56 Å². The molecule has 17 heavy (non-hydrogen) atoms. The highest BCUT2D eigenvalue weighted by Crippen LogP contribution is 2.14. The number of amides is 1. The molecule has 0 saturated carbocycles. The summed E-state index contributed by atoms with van der Waals surface area (Å²) in [6.07, 6.45) is 0. The molecule has 1 aromatic rings. The minimum atomic E-state index is -0.400. The van der Waals surface area contributed by atoms with E-state index in [1.165, 1.54) is 0 Å². The zero-order chi connectivity index (χ0) is 13.1. The van der Waals surface area contributed by atoms with Gasteiger partial charge < -0.3 is 15.8 Å². The van der Waals surface area contributed by atoms with Crippen LogP contribution in [0.15, 0.2) is 18.2 Å². The number of carbonyl (C=O) groups is 1. The summed E-state index contributed by atoms with van der Waals surface area (Å²) >= 11 is 0. The Morgan fingerprint density at radius 2 is 2.12 bits per heavy atom. The highest BCUT2D eigenvalue weighted by Gasteiger charge is 2.21. The number of nitrogens with two attached hydrogens (primary N) is 1. The van der Waals surface area contributed by atoms with Gasteiger partial charge in [-0.05, 0) is 38.5 Å². The molecular weight excluding hydrogens is 216 g/mol. The molecule has 0 bridgehead atoms. The zero-order valence-electron chi connectivity index (χ0n) is 10.8. The molecular formula is C13H20N2O2. The van der Waals surface area contributed by atoms with Crippen molar-refractivity contribution in [2.75, 3.05) is 19.5 Å². The largest absolute Gasteiger partial charge is 0.399 e. The monoisotopic (exact) mass is 236 g/mol. The first-order valence-corrected chi connectivity index (χ1v) is 5.53. The Morgan fingerprint density at radius 3 is 2.71 bits per heavy atom. The first kappa shape index (κ1) is 13.5. The fraction of sp³-hybridized carbons (Fsp3) is 0.462. The van der Waals surface area contributed by atoms with Crippen LogP contribution in [-0.4, -0.2) is 25.2 Å². The normalized spacial score (nSPS) is 11.3. The Morgan fingerprint density at radius 1 is 1.47 bits per heavy atom. The van der Waals surface area contributed by atoms with Crippen molar-refractivity contribution < 1.29 is 9.53 Å². The second kappa shape index (κ2) is 5.19. The van der Waals surface area contributed by atoms with Crippen LogP contribution in [0.25, 0.3) is 0 Å². The molecule has 4 nitrogen and oxygen atoms in total. The Balaban J connectivity index is 2.86. The number of carbonyl (C=O) groups excluding carboxylic acids is 1. The fourth-order valence-corrected chi connectivity index (χ4v) is 1.66. The van der Waals surface area contributed by atoms with Crippen molar-refractivity contribution >= 4 is 11.6 Å². The van der Waals surface area contributed by atoms with E-state index in [1.807, 2.05) is 26.8 Å². The number of benzene rings is 1. The average molecular weight is 236 g/mol. The summed E-state index contributed by atoms with van der Waals surface area (Å²) in [7, 11) is 1.61. The summed E-state index contributed by atoms with van der Waals surface area (Å²) in [6.45, 7) is 6.17. The molecule has 0 radical (unpaired) electrons. The van der Waals surface area contributed by atoms with Crippen molar-refractivity contribution in [3.8, 4) is 0 Å². The Bertz CT molecular complexity index is 414. The molecule has 0 aliphatic carbocycles. The van der Waals surface area contributed by atoms with Gasteiger partial charge in [0.2, 0.25) is 0 Å². The molecule has 1 amide bonds. The molecule has 0 saturated heterocycles. The van der Waals surface area contributed by atoms with E-state index < -0.39 is 5.54 Å². The highest BCUT2D eigenvalue weighted by atomic mass is 16.5. The van der Waals surface area contributed by atoms with Crippen LogP contribution in [0.2, 0.25) is 0 Å². The number of ether oxygens (including phenoxy) is 1. The molecule has 0 unspecified atom stereocenters. The first-order chi connectivity index (χ1) is 7.85. The topological polar surface area (TPSA) is 64.3 Å². The molecule has 3 N–H and O–H groups in total. The number of hydrogen-bond donors (Lipinski definition) is 2. The first-order valence-electron chi connectivity index (χ1n) is 5.53. The van der Waals surface area contributed by atoms with Gasteiger partial charge >= 0.3 is 0 Å². The number of nitrogens with one attached hydrogen (secondary N) is 1. The van der Waals surface area contributed by atoms with Gasteiger partial charge in [0.05, 0.1) is 12.1 Å². The van der Waals surface area contributed by atoms with Crippen LogP contribution >= 0.6 is 0 Å². The highest BCUT2D eigenvalue weighted by molar-refractivity contribution is 5.96. The third-order valence-electron chi connectivity index (χ3n) is 2.46.